The largest absolute Gasteiger partial charge is 0.339 e. The van der Waals surface area contributed by atoms with Crippen LogP contribution >= 0.6 is 11.3 Å². The zero-order valence-corrected chi connectivity index (χ0v) is 15.8. The first-order valence-electron chi connectivity index (χ1n) is 8.36. The topological polar surface area (TPSA) is 60.9 Å². The first-order chi connectivity index (χ1) is 12.4. The lowest BCUT2D eigenvalue weighted by molar-refractivity contribution is -0.136. The normalized spacial score (nSPS) is 17.1. The van der Waals surface area contributed by atoms with Crippen molar-refractivity contribution in [2.24, 2.45) is 0 Å². The molecule has 2 aromatic rings. The number of amides is 4. The van der Waals surface area contributed by atoms with Crippen LogP contribution in [0, 0.1) is 6.92 Å². The number of urea groups is 1. The number of aryl methyl sites for hydroxylation is 1. The van der Waals surface area contributed by atoms with Gasteiger partial charge in [-0.2, -0.15) is 0 Å². The monoisotopic (exact) mass is 371 g/mol. The van der Waals surface area contributed by atoms with Gasteiger partial charge in [0.1, 0.15) is 12.6 Å². The molecule has 0 bridgehead atoms. The molecule has 26 heavy (non-hydrogen) atoms. The van der Waals surface area contributed by atoms with E-state index in [1.807, 2.05) is 48.7 Å². The molecule has 1 unspecified atom stereocenters. The molecule has 0 saturated carbocycles. The first-order valence-corrected chi connectivity index (χ1v) is 9.24. The van der Waals surface area contributed by atoms with Crippen molar-refractivity contribution in [1.82, 2.24) is 9.80 Å². The number of hydrogen-bond donors (Lipinski definition) is 0. The molecule has 1 aliphatic rings. The van der Waals surface area contributed by atoms with Crippen molar-refractivity contribution >= 4 is 34.9 Å². The Kier molecular flexibility index (Phi) is 5.08. The zero-order valence-electron chi connectivity index (χ0n) is 15.0. The highest BCUT2D eigenvalue weighted by molar-refractivity contribution is 7.09. The van der Waals surface area contributed by atoms with Crippen LogP contribution in [0.15, 0.2) is 41.8 Å². The fourth-order valence-corrected chi connectivity index (χ4v) is 3.65. The second-order valence-electron chi connectivity index (χ2n) is 6.42. The number of hydrogen-bond acceptors (Lipinski definition) is 4. The first kappa shape index (κ1) is 18.1. The average Bonchev–Trinajstić information content (AvgIpc) is 3.19. The molecule has 0 spiro atoms. The van der Waals surface area contributed by atoms with Crippen LogP contribution in [0.25, 0.3) is 0 Å². The van der Waals surface area contributed by atoms with Gasteiger partial charge in [0.2, 0.25) is 5.91 Å². The Bertz CT molecular complexity index is 817. The smallest absolute Gasteiger partial charge is 0.332 e. The minimum Gasteiger partial charge on any atom is -0.339 e. The number of benzene rings is 1. The van der Waals surface area contributed by atoms with Crippen LogP contribution in [0.3, 0.4) is 0 Å². The molecule has 1 aliphatic heterocycles. The van der Waals surface area contributed by atoms with Crippen molar-refractivity contribution in [2.75, 3.05) is 18.5 Å². The van der Waals surface area contributed by atoms with Crippen molar-refractivity contribution in [3.63, 3.8) is 0 Å². The second-order valence-corrected chi connectivity index (χ2v) is 7.45. The van der Waals surface area contributed by atoms with Gasteiger partial charge in [-0.15, -0.1) is 11.3 Å². The highest BCUT2D eigenvalue weighted by Gasteiger charge is 2.44. The molecule has 1 saturated heterocycles. The van der Waals surface area contributed by atoms with E-state index < -0.39 is 12.1 Å². The Hall–Kier alpha value is -2.67. The van der Waals surface area contributed by atoms with Crippen LogP contribution in [0.2, 0.25) is 0 Å². The molecule has 1 atom stereocenters. The third kappa shape index (κ3) is 3.48. The number of thiophene rings is 1. The summed E-state index contributed by atoms with van der Waals surface area (Å²) in [6.45, 7) is 3.86. The average molecular weight is 371 g/mol. The number of rotatable bonds is 5. The molecule has 0 radical (unpaired) electrons. The summed E-state index contributed by atoms with van der Waals surface area (Å²) in [5.74, 6) is -0.619. The van der Waals surface area contributed by atoms with Crippen LogP contribution in [0.5, 0.6) is 0 Å². The second kappa shape index (κ2) is 7.29. The number of imide groups is 1. The van der Waals surface area contributed by atoms with E-state index in [0.29, 0.717) is 12.2 Å². The molecule has 4 amide bonds. The lowest BCUT2D eigenvalue weighted by Crippen LogP contribution is -2.42. The number of anilines is 1. The standard InChI is InChI=1S/C19H21N3O3S/c1-13-6-8-15(9-7-13)22-14(2)18(24)21(19(22)25)12-17(23)20(3)11-16-5-4-10-26-16/h4-10,14H,11-12H2,1-3H3. The zero-order chi connectivity index (χ0) is 18.8. The highest BCUT2D eigenvalue weighted by Crippen LogP contribution is 2.26. The summed E-state index contributed by atoms with van der Waals surface area (Å²) >= 11 is 1.56. The molecular formula is C19H21N3O3S. The number of nitrogens with zero attached hydrogens (tertiary/aromatic N) is 3. The van der Waals surface area contributed by atoms with E-state index in [1.54, 1.807) is 25.3 Å². The third-order valence-corrected chi connectivity index (χ3v) is 5.31. The van der Waals surface area contributed by atoms with Crippen molar-refractivity contribution in [3.8, 4) is 0 Å². The summed E-state index contributed by atoms with van der Waals surface area (Å²) in [5, 5.41) is 1.95. The van der Waals surface area contributed by atoms with Gasteiger partial charge >= 0.3 is 6.03 Å². The fourth-order valence-electron chi connectivity index (χ4n) is 2.89. The van der Waals surface area contributed by atoms with Gasteiger partial charge < -0.3 is 4.90 Å². The summed E-state index contributed by atoms with van der Waals surface area (Å²) in [6.07, 6.45) is 0. The van der Waals surface area contributed by atoms with E-state index in [0.717, 1.165) is 15.3 Å². The Balaban J connectivity index is 1.71. The summed E-state index contributed by atoms with van der Waals surface area (Å²) < 4.78 is 0. The molecular weight excluding hydrogens is 350 g/mol. The maximum Gasteiger partial charge on any atom is 0.332 e. The Labute approximate surface area is 156 Å². The van der Waals surface area contributed by atoms with Crippen LogP contribution in [0.4, 0.5) is 10.5 Å². The minimum absolute atomic E-state index is 0.244. The van der Waals surface area contributed by atoms with Gasteiger partial charge in [-0.1, -0.05) is 23.8 Å². The molecule has 2 heterocycles. The van der Waals surface area contributed by atoms with Gasteiger partial charge in [0.15, 0.2) is 0 Å². The number of carbonyl (C=O) groups excluding carboxylic acids is 3. The molecule has 3 rings (SSSR count). The van der Waals surface area contributed by atoms with E-state index in [4.69, 9.17) is 0 Å². The molecule has 6 nitrogen and oxygen atoms in total. The summed E-state index contributed by atoms with van der Waals surface area (Å²) in [4.78, 5) is 42.8. The maximum absolute atomic E-state index is 12.7. The van der Waals surface area contributed by atoms with E-state index >= 15 is 0 Å². The predicted octanol–water partition coefficient (Wildman–Crippen LogP) is 2.87. The van der Waals surface area contributed by atoms with E-state index in [2.05, 4.69) is 0 Å². The Morgan fingerprint density at radius 1 is 1.19 bits per heavy atom. The van der Waals surface area contributed by atoms with Crippen LogP contribution in [-0.4, -0.2) is 47.3 Å². The Morgan fingerprint density at radius 3 is 2.50 bits per heavy atom. The molecule has 1 aromatic carbocycles. The number of carbonyl (C=O) groups is 3. The van der Waals surface area contributed by atoms with Crippen LogP contribution < -0.4 is 4.90 Å². The van der Waals surface area contributed by atoms with Gasteiger partial charge in [-0.05, 0) is 37.4 Å². The number of likely N-dealkylation sites (N-methyl/N-ethyl adjacent to an activating group) is 1. The SMILES string of the molecule is Cc1ccc(N2C(=O)N(CC(=O)N(C)Cc3cccs3)C(=O)C2C)cc1. The lowest BCUT2D eigenvalue weighted by Gasteiger charge is -2.21. The van der Waals surface area contributed by atoms with Gasteiger partial charge in [-0.3, -0.25) is 19.4 Å². The van der Waals surface area contributed by atoms with Crippen molar-refractivity contribution in [1.29, 1.82) is 0 Å². The highest BCUT2D eigenvalue weighted by atomic mass is 32.1. The summed E-state index contributed by atoms with van der Waals surface area (Å²) in [5.41, 5.74) is 1.73. The van der Waals surface area contributed by atoms with E-state index in [9.17, 15) is 14.4 Å². The van der Waals surface area contributed by atoms with Gasteiger partial charge in [0, 0.05) is 17.6 Å². The summed E-state index contributed by atoms with van der Waals surface area (Å²) in [7, 11) is 1.67. The molecule has 136 valence electrons. The van der Waals surface area contributed by atoms with Gasteiger partial charge in [-0.25, -0.2) is 4.79 Å². The van der Waals surface area contributed by atoms with Gasteiger partial charge in [0.25, 0.3) is 5.91 Å². The molecule has 1 aromatic heterocycles. The molecule has 7 heteroatoms. The van der Waals surface area contributed by atoms with Crippen molar-refractivity contribution in [3.05, 3.63) is 52.2 Å². The summed E-state index contributed by atoms with van der Waals surface area (Å²) in [6, 6.07) is 10.2. The quantitative estimate of drug-likeness (QED) is 0.760. The van der Waals surface area contributed by atoms with Crippen LogP contribution in [-0.2, 0) is 16.1 Å². The molecule has 0 N–H and O–H groups in total. The van der Waals surface area contributed by atoms with Crippen molar-refractivity contribution < 1.29 is 14.4 Å². The molecule has 0 aliphatic carbocycles. The predicted molar refractivity (Wildman–Crippen MR) is 101 cm³/mol. The lowest BCUT2D eigenvalue weighted by atomic mass is 10.2. The fraction of sp³-hybridized carbons (Fsp3) is 0.316. The third-order valence-electron chi connectivity index (χ3n) is 4.45. The van der Waals surface area contributed by atoms with E-state index in [1.165, 1.54) is 9.80 Å². The van der Waals surface area contributed by atoms with Crippen molar-refractivity contribution in [2.45, 2.75) is 26.4 Å². The Morgan fingerprint density at radius 2 is 1.88 bits per heavy atom. The maximum atomic E-state index is 12.7. The van der Waals surface area contributed by atoms with Crippen LogP contribution in [0.1, 0.15) is 17.4 Å². The molecule has 1 fully saturated rings. The van der Waals surface area contributed by atoms with E-state index in [-0.39, 0.29) is 18.4 Å². The van der Waals surface area contributed by atoms with Gasteiger partial charge in [0.05, 0.1) is 6.54 Å². The minimum atomic E-state index is -0.624.